The number of nitrogens with zero attached hydrogens (tertiary/aromatic N) is 4. The van der Waals surface area contributed by atoms with Gasteiger partial charge in [-0.1, -0.05) is 6.07 Å². The lowest BCUT2D eigenvalue weighted by molar-refractivity contribution is -0.141. The van der Waals surface area contributed by atoms with E-state index in [0.29, 0.717) is 29.7 Å². The standard InChI is InChI=1S/C22H19F4N5O/c1-13(32)31-9-6-18(17-3-2-16(23)10-15(17)12-31)28-20-11-19(22(24,25)26)29-21(30-20)14-4-7-27-8-5-14/h2-5,7-8,10-11,18H,6,9,12H2,1H3,(H,28,29,30). The maximum Gasteiger partial charge on any atom is 0.433 e. The van der Waals surface area contributed by atoms with E-state index in [1.54, 1.807) is 11.0 Å². The summed E-state index contributed by atoms with van der Waals surface area (Å²) in [6, 6.07) is 7.64. The Labute approximate surface area is 181 Å². The van der Waals surface area contributed by atoms with E-state index < -0.39 is 23.7 Å². The van der Waals surface area contributed by atoms with Crippen LogP contribution in [0.1, 0.15) is 36.2 Å². The van der Waals surface area contributed by atoms with Crippen molar-refractivity contribution in [3.05, 3.63) is 71.4 Å². The van der Waals surface area contributed by atoms with Crippen LogP contribution in [0.2, 0.25) is 0 Å². The number of anilines is 1. The normalized spacial score (nSPS) is 16.3. The third kappa shape index (κ3) is 4.68. The van der Waals surface area contributed by atoms with Gasteiger partial charge in [-0.05, 0) is 41.8 Å². The molecule has 0 spiro atoms. The van der Waals surface area contributed by atoms with E-state index in [1.165, 1.54) is 43.6 Å². The molecule has 0 aliphatic carbocycles. The van der Waals surface area contributed by atoms with E-state index in [4.69, 9.17) is 0 Å². The summed E-state index contributed by atoms with van der Waals surface area (Å²) in [6.07, 6.45) is -1.37. The average molecular weight is 445 g/mol. The first kappa shape index (κ1) is 21.7. The number of amides is 1. The summed E-state index contributed by atoms with van der Waals surface area (Å²) in [7, 11) is 0. The average Bonchev–Trinajstić information content (AvgIpc) is 2.93. The fourth-order valence-corrected chi connectivity index (χ4v) is 3.67. The molecule has 3 aromatic rings. The first-order chi connectivity index (χ1) is 15.2. The Morgan fingerprint density at radius 1 is 1.12 bits per heavy atom. The number of alkyl halides is 3. The lowest BCUT2D eigenvalue weighted by Crippen LogP contribution is -2.28. The predicted molar refractivity (Wildman–Crippen MR) is 109 cm³/mol. The molecule has 0 saturated carbocycles. The van der Waals surface area contributed by atoms with Gasteiger partial charge >= 0.3 is 6.18 Å². The summed E-state index contributed by atoms with van der Waals surface area (Å²) in [6.45, 7) is 2.01. The van der Waals surface area contributed by atoms with Gasteiger partial charge in [0.15, 0.2) is 11.5 Å². The molecule has 1 N–H and O–H groups in total. The van der Waals surface area contributed by atoms with Crippen molar-refractivity contribution in [1.29, 1.82) is 0 Å². The Kier molecular flexibility index (Phi) is 5.77. The molecule has 1 aliphatic rings. The highest BCUT2D eigenvalue weighted by Gasteiger charge is 2.34. The van der Waals surface area contributed by atoms with Crippen LogP contribution in [-0.4, -0.2) is 32.3 Å². The molecule has 0 radical (unpaired) electrons. The second kappa shape index (κ2) is 8.52. The quantitative estimate of drug-likeness (QED) is 0.597. The topological polar surface area (TPSA) is 71.0 Å². The van der Waals surface area contributed by atoms with Gasteiger partial charge in [-0.15, -0.1) is 0 Å². The fraction of sp³-hybridized carbons (Fsp3) is 0.273. The molecule has 1 amide bonds. The molecule has 32 heavy (non-hydrogen) atoms. The van der Waals surface area contributed by atoms with E-state index >= 15 is 0 Å². The Morgan fingerprint density at radius 2 is 1.88 bits per heavy atom. The first-order valence-corrected chi connectivity index (χ1v) is 9.88. The number of carbonyl (C=O) groups excluding carboxylic acids is 1. The van der Waals surface area contributed by atoms with E-state index in [-0.39, 0.29) is 24.1 Å². The lowest BCUT2D eigenvalue weighted by atomic mass is 9.99. The zero-order valence-electron chi connectivity index (χ0n) is 17.0. The molecule has 0 fully saturated rings. The molecule has 0 saturated heterocycles. The minimum Gasteiger partial charge on any atom is -0.363 e. The maximum absolute atomic E-state index is 13.9. The number of benzene rings is 1. The van der Waals surface area contributed by atoms with Gasteiger partial charge in [-0.3, -0.25) is 9.78 Å². The highest BCUT2D eigenvalue weighted by atomic mass is 19.4. The molecule has 4 rings (SSSR count). The second-order valence-electron chi connectivity index (χ2n) is 7.46. The van der Waals surface area contributed by atoms with Gasteiger partial charge in [0.05, 0.1) is 6.04 Å². The summed E-state index contributed by atoms with van der Waals surface area (Å²) in [5, 5.41) is 3.05. The highest BCUT2D eigenvalue weighted by molar-refractivity contribution is 5.73. The number of aromatic nitrogens is 3. The monoisotopic (exact) mass is 445 g/mol. The van der Waals surface area contributed by atoms with Crippen molar-refractivity contribution < 1.29 is 22.4 Å². The molecule has 1 unspecified atom stereocenters. The Balaban J connectivity index is 1.74. The summed E-state index contributed by atoms with van der Waals surface area (Å²) < 4.78 is 54.4. The molecular formula is C22H19F4N5O. The van der Waals surface area contributed by atoms with Crippen LogP contribution in [0.15, 0.2) is 48.8 Å². The van der Waals surface area contributed by atoms with E-state index in [2.05, 4.69) is 20.3 Å². The van der Waals surface area contributed by atoms with Crippen LogP contribution in [0.5, 0.6) is 0 Å². The number of fused-ring (bicyclic) bond motifs is 1. The predicted octanol–water partition coefficient (Wildman–Crippen LogP) is 4.60. The highest BCUT2D eigenvalue weighted by Crippen LogP contribution is 2.34. The van der Waals surface area contributed by atoms with Crippen molar-refractivity contribution >= 4 is 11.7 Å². The van der Waals surface area contributed by atoms with Crippen LogP contribution in [0.3, 0.4) is 0 Å². The van der Waals surface area contributed by atoms with Gasteiger partial charge in [0.1, 0.15) is 11.6 Å². The Hall–Kier alpha value is -3.56. The molecule has 166 valence electrons. The summed E-state index contributed by atoms with van der Waals surface area (Å²) in [4.78, 5) is 25.3. The van der Waals surface area contributed by atoms with Gasteiger partial charge in [0, 0.05) is 44.0 Å². The number of nitrogens with one attached hydrogen (secondary N) is 1. The van der Waals surface area contributed by atoms with E-state index in [1.807, 2.05) is 0 Å². The molecule has 0 bridgehead atoms. The molecule has 2 aromatic heterocycles. The van der Waals surface area contributed by atoms with Gasteiger partial charge in [-0.25, -0.2) is 14.4 Å². The Morgan fingerprint density at radius 3 is 2.56 bits per heavy atom. The minimum atomic E-state index is -4.67. The smallest absolute Gasteiger partial charge is 0.363 e. The molecule has 1 atom stereocenters. The van der Waals surface area contributed by atoms with Crippen LogP contribution >= 0.6 is 0 Å². The number of pyridine rings is 1. The SMILES string of the molecule is CC(=O)N1CCC(Nc2cc(C(F)(F)F)nc(-c3ccncc3)n2)c2ccc(F)cc2C1. The molecule has 10 heteroatoms. The first-order valence-electron chi connectivity index (χ1n) is 9.88. The maximum atomic E-state index is 13.9. The number of hydrogen-bond donors (Lipinski definition) is 1. The van der Waals surface area contributed by atoms with E-state index in [9.17, 15) is 22.4 Å². The van der Waals surface area contributed by atoms with E-state index in [0.717, 1.165) is 6.07 Å². The molecule has 1 aromatic carbocycles. The third-order valence-electron chi connectivity index (χ3n) is 5.25. The van der Waals surface area contributed by atoms with Crippen molar-refractivity contribution in [2.75, 3.05) is 11.9 Å². The molecule has 1 aliphatic heterocycles. The van der Waals surface area contributed by atoms with Gasteiger partial charge in [0.25, 0.3) is 0 Å². The van der Waals surface area contributed by atoms with Gasteiger partial charge < -0.3 is 10.2 Å². The number of carbonyl (C=O) groups is 1. The summed E-state index contributed by atoms with van der Waals surface area (Å²) in [5.41, 5.74) is 0.600. The zero-order chi connectivity index (χ0) is 22.9. The van der Waals surface area contributed by atoms with Crippen LogP contribution in [0, 0.1) is 5.82 Å². The number of rotatable bonds is 3. The van der Waals surface area contributed by atoms with Crippen LogP contribution in [0.4, 0.5) is 23.4 Å². The third-order valence-corrected chi connectivity index (χ3v) is 5.25. The van der Waals surface area contributed by atoms with Crippen LogP contribution in [-0.2, 0) is 17.5 Å². The van der Waals surface area contributed by atoms with Crippen molar-refractivity contribution in [3.63, 3.8) is 0 Å². The van der Waals surface area contributed by atoms with Crippen molar-refractivity contribution in [2.45, 2.75) is 32.1 Å². The number of halogens is 4. The summed E-state index contributed by atoms with van der Waals surface area (Å²) >= 11 is 0. The van der Waals surface area contributed by atoms with Crippen molar-refractivity contribution in [2.24, 2.45) is 0 Å². The fourth-order valence-electron chi connectivity index (χ4n) is 3.67. The van der Waals surface area contributed by atoms with Gasteiger partial charge in [0.2, 0.25) is 5.91 Å². The zero-order valence-corrected chi connectivity index (χ0v) is 17.0. The van der Waals surface area contributed by atoms with Crippen molar-refractivity contribution in [3.8, 4) is 11.4 Å². The van der Waals surface area contributed by atoms with Crippen molar-refractivity contribution in [1.82, 2.24) is 19.9 Å². The van der Waals surface area contributed by atoms with Gasteiger partial charge in [-0.2, -0.15) is 13.2 Å². The minimum absolute atomic E-state index is 0.0179. The molecule has 6 nitrogen and oxygen atoms in total. The molecular weight excluding hydrogens is 426 g/mol. The van der Waals surface area contributed by atoms with Crippen LogP contribution < -0.4 is 5.32 Å². The lowest BCUT2D eigenvalue weighted by Gasteiger charge is -2.21. The Bertz CT molecular complexity index is 1140. The molecule has 3 heterocycles. The summed E-state index contributed by atoms with van der Waals surface area (Å²) in [5.74, 6) is -0.727. The second-order valence-corrected chi connectivity index (χ2v) is 7.46. The van der Waals surface area contributed by atoms with Crippen LogP contribution in [0.25, 0.3) is 11.4 Å². The largest absolute Gasteiger partial charge is 0.433 e. The number of hydrogen-bond acceptors (Lipinski definition) is 5.